The summed E-state index contributed by atoms with van der Waals surface area (Å²) in [6, 6.07) is 0. The third-order valence-corrected chi connectivity index (χ3v) is 4.35. The average Bonchev–Trinajstić information content (AvgIpc) is 2.48. The lowest BCUT2D eigenvalue weighted by molar-refractivity contribution is 0.162. The summed E-state index contributed by atoms with van der Waals surface area (Å²) in [7, 11) is 1.77. The summed E-state index contributed by atoms with van der Waals surface area (Å²) in [6.45, 7) is 9.21. The monoisotopic (exact) mass is 284 g/mol. The Morgan fingerprint density at radius 3 is 2.75 bits per heavy atom. The first-order valence-corrected chi connectivity index (χ1v) is 8.78. The van der Waals surface area contributed by atoms with Crippen LogP contribution in [0, 0.1) is 5.92 Å². The van der Waals surface area contributed by atoms with Crippen molar-refractivity contribution in [3.63, 3.8) is 0 Å². The van der Waals surface area contributed by atoms with Gasteiger partial charge in [-0.2, -0.15) is 0 Å². The highest BCUT2D eigenvalue weighted by Crippen LogP contribution is 2.16. The molecule has 1 rings (SSSR count). The molecule has 3 heteroatoms. The summed E-state index contributed by atoms with van der Waals surface area (Å²) >= 11 is 0. The first kappa shape index (κ1) is 17.9. The van der Waals surface area contributed by atoms with Gasteiger partial charge in [-0.15, -0.1) is 0 Å². The van der Waals surface area contributed by atoms with Gasteiger partial charge < -0.3 is 15.0 Å². The van der Waals surface area contributed by atoms with Gasteiger partial charge in [0.25, 0.3) is 0 Å². The Kier molecular flexibility index (Phi) is 11.3. The van der Waals surface area contributed by atoms with Gasteiger partial charge in [-0.05, 0) is 44.8 Å². The molecule has 0 aromatic rings. The van der Waals surface area contributed by atoms with Gasteiger partial charge in [0, 0.05) is 20.2 Å². The van der Waals surface area contributed by atoms with E-state index in [-0.39, 0.29) is 0 Å². The molecule has 0 aromatic heterocycles. The van der Waals surface area contributed by atoms with E-state index >= 15 is 0 Å². The Hall–Kier alpha value is -0.120. The summed E-state index contributed by atoms with van der Waals surface area (Å²) in [5.74, 6) is 0.848. The Balaban J connectivity index is 1.99. The van der Waals surface area contributed by atoms with Crippen molar-refractivity contribution < 1.29 is 4.74 Å². The lowest BCUT2D eigenvalue weighted by atomic mass is 9.97. The van der Waals surface area contributed by atoms with Crippen molar-refractivity contribution >= 4 is 0 Å². The van der Waals surface area contributed by atoms with Gasteiger partial charge in [0.1, 0.15) is 0 Å². The van der Waals surface area contributed by atoms with Gasteiger partial charge in [-0.3, -0.25) is 0 Å². The molecule has 1 aliphatic heterocycles. The molecule has 0 aliphatic carbocycles. The van der Waals surface area contributed by atoms with Crippen LogP contribution >= 0.6 is 0 Å². The molecular weight excluding hydrogens is 248 g/mol. The van der Waals surface area contributed by atoms with E-state index in [1.54, 1.807) is 7.11 Å². The van der Waals surface area contributed by atoms with Crippen molar-refractivity contribution in [1.29, 1.82) is 0 Å². The van der Waals surface area contributed by atoms with Crippen LogP contribution in [0.3, 0.4) is 0 Å². The highest BCUT2D eigenvalue weighted by Gasteiger charge is 2.18. The molecular formula is C17H36N2O. The summed E-state index contributed by atoms with van der Waals surface area (Å²) in [5.41, 5.74) is 0. The third-order valence-electron chi connectivity index (χ3n) is 4.35. The minimum atomic E-state index is 0.828. The van der Waals surface area contributed by atoms with Crippen molar-refractivity contribution in [3.8, 4) is 0 Å². The molecule has 1 atom stereocenters. The van der Waals surface area contributed by atoms with Gasteiger partial charge in [-0.25, -0.2) is 0 Å². The van der Waals surface area contributed by atoms with E-state index in [0.717, 1.165) is 25.6 Å². The molecule has 20 heavy (non-hydrogen) atoms. The van der Waals surface area contributed by atoms with E-state index in [9.17, 15) is 0 Å². The predicted molar refractivity (Wildman–Crippen MR) is 87.3 cm³/mol. The van der Waals surface area contributed by atoms with Crippen LogP contribution < -0.4 is 5.32 Å². The summed E-state index contributed by atoms with van der Waals surface area (Å²) in [6.07, 6.45) is 11.2. The second-order valence-electron chi connectivity index (χ2n) is 6.27. The molecule has 1 saturated heterocycles. The number of nitrogens with one attached hydrogen (secondary N) is 1. The van der Waals surface area contributed by atoms with Crippen molar-refractivity contribution in [2.75, 3.05) is 46.4 Å². The van der Waals surface area contributed by atoms with E-state index in [2.05, 4.69) is 17.1 Å². The van der Waals surface area contributed by atoms with Gasteiger partial charge in [0.2, 0.25) is 0 Å². The first-order valence-electron chi connectivity index (χ1n) is 8.78. The highest BCUT2D eigenvalue weighted by molar-refractivity contribution is 4.74. The molecule has 0 spiro atoms. The van der Waals surface area contributed by atoms with Crippen LogP contribution in [0.2, 0.25) is 0 Å². The molecule has 1 unspecified atom stereocenters. The highest BCUT2D eigenvalue weighted by atomic mass is 16.5. The normalized spacial score (nSPS) is 20.4. The minimum Gasteiger partial charge on any atom is -0.383 e. The molecule has 1 aliphatic rings. The topological polar surface area (TPSA) is 24.5 Å². The zero-order valence-corrected chi connectivity index (χ0v) is 13.8. The quantitative estimate of drug-likeness (QED) is 0.557. The smallest absolute Gasteiger partial charge is 0.0587 e. The minimum absolute atomic E-state index is 0.828. The van der Waals surface area contributed by atoms with E-state index in [1.807, 2.05) is 0 Å². The molecule has 0 saturated carbocycles. The van der Waals surface area contributed by atoms with Gasteiger partial charge in [0.15, 0.2) is 0 Å². The number of hydrogen-bond acceptors (Lipinski definition) is 3. The number of unbranched alkanes of at least 4 members (excludes halogenated alkanes) is 5. The maximum absolute atomic E-state index is 5.07. The van der Waals surface area contributed by atoms with Crippen LogP contribution in [-0.4, -0.2) is 51.3 Å². The third kappa shape index (κ3) is 8.93. The number of nitrogens with zero attached hydrogens (tertiary/aromatic N) is 1. The zero-order chi connectivity index (χ0) is 14.5. The molecule has 1 heterocycles. The molecule has 0 aromatic carbocycles. The maximum atomic E-state index is 5.07. The number of ether oxygens (including phenoxy) is 1. The van der Waals surface area contributed by atoms with E-state index in [1.165, 1.54) is 71.0 Å². The summed E-state index contributed by atoms with van der Waals surface area (Å²) in [5, 5.41) is 3.52. The second-order valence-corrected chi connectivity index (χ2v) is 6.27. The van der Waals surface area contributed by atoms with Crippen LogP contribution in [0.25, 0.3) is 0 Å². The molecule has 1 N–H and O–H groups in total. The molecule has 120 valence electrons. The molecule has 3 nitrogen and oxygen atoms in total. The van der Waals surface area contributed by atoms with Crippen LogP contribution in [0.4, 0.5) is 0 Å². The molecule has 0 amide bonds. The zero-order valence-electron chi connectivity index (χ0n) is 13.8. The van der Waals surface area contributed by atoms with E-state index < -0.39 is 0 Å². The lowest BCUT2D eigenvalue weighted by Crippen LogP contribution is -2.40. The van der Waals surface area contributed by atoms with Crippen LogP contribution in [0.5, 0.6) is 0 Å². The van der Waals surface area contributed by atoms with Gasteiger partial charge >= 0.3 is 0 Å². The van der Waals surface area contributed by atoms with Crippen molar-refractivity contribution in [2.24, 2.45) is 5.92 Å². The Bertz CT molecular complexity index is 211. The number of hydrogen-bond donors (Lipinski definition) is 1. The first-order chi connectivity index (χ1) is 9.86. The SMILES string of the molecule is CCCCCCCCN1CCCC(CNCCOC)C1. The van der Waals surface area contributed by atoms with Gasteiger partial charge in [-0.1, -0.05) is 39.0 Å². The summed E-state index contributed by atoms with van der Waals surface area (Å²) in [4.78, 5) is 2.69. The van der Waals surface area contributed by atoms with Gasteiger partial charge in [0.05, 0.1) is 6.61 Å². The predicted octanol–water partition coefficient (Wildman–Crippen LogP) is 3.29. The fourth-order valence-electron chi connectivity index (χ4n) is 3.12. The molecule has 1 fully saturated rings. The average molecular weight is 284 g/mol. The van der Waals surface area contributed by atoms with Crippen LogP contribution in [0.15, 0.2) is 0 Å². The lowest BCUT2D eigenvalue weighted by Gasteiger charge is -2.33. The molecule has 0 bridgehead atoms. The Morgan fingerprint density at radius 2 is 1.95 bits per heavy atom. The van der Waals surface area contributed by atoms with Crippen LogP contribution in [0.1, 0.15) is 58.3 Å². The standard InChI is InChI=1S/C17H36N2O/c1-3-4-5-6-7-8-12-19-13-9-10-17(16-19)15-18-11-14-20-2/h17-18H,3-16H2,1-2H3. The van der Waals surface area contributed by atoms with Crippen LogP contribution in [-0.2, 0) is 4.74 Å². The maximum Gasteiger partial charge on any atom is 0.0587 e. The van der Waals surface area contributed by atoms with E-state index in [0.29, 0.717) is 0 Å². The number of rotatable bonds is 12. The Morgan fingerprint density at radius 1 is 1.15 bits per heavy atom. The largest absolute Gasteiger partial charge is 0.383 e. The fraction of sp³-hybridized carbons (Fsp3) is 1.00. The number of piperidine rings is 1. The summed E-state index contributed by atoms with van der Waals surface area (Å²) < 4.78 is 5.07. The Labute approximate surface area is 126 Å². The fourth-order valence-corrected chi connectivity index (χ4v) is 3.12. The number of methoxy groups -OCH3 is 1. The van der Waals surface area contributed by atoms with Crippen molar-refractivity contribution in [1.82, 2.24) is 10.2 Å². The number of likely N-dealkylation sites (tertiary alicyclic amines) is 1. The second kappa shape index (κ2) is 12.6. The molecule has 0 radical (unpaired) electrons. The van der Waals surface area contributed by atoms with E-state index in [4.69, 9.17) is 4.74 Å². The van der Waals surface area contributed by atoms with Crippen molar-refractivity contribution in [3.05, 3.63) is 0 Å². The van der Waals surface area contributed by atoms with Crippen molar-refractivity contribution in [2.45, 2.75) is 58.3 Å².